The van der Waals surface area contributed by atoms with Gasteiger partial charge in [-0.15, -0.1) is 0 Å². The van der Waals surface area contributed by atoms with E-state index in [9.17, 15) is 4.39 Å². The normalized spacial score (nSPS) is 18.6. The number of halogens is 1. The van der Waals surface area contributed by atoms with Crippen LogP contribution in [0.1, 0.15) is 30.4 Å². The predicted octanol–water partition coefficient (Wildman–Crippen LogP) is 3.47. The summed E-state index contributed by atoms with van der Waals surface area (Å²) in [5.41, 5.74) is 2.45. The molecule has 1 aliphatic rings. The average molecular weight is 209 g/mol. The Morgan fingerprint density at radius 3 is 2.93 bits per heavy atom. The van der Waals surface area contributed by atoms with Crippen molar-refractivity contribution in [1.29, 1.82) is 0 Å². The first-order valence-electron chi connectivity index (χ1n) is 4.73. The number of nitrogens with zero attached hydrogens (tertiary/aromatic N) is 1. The zero-order valence-electron chi connectivity index (χ0n) is 8.00. The summed E-state index contributed by atoms with van der Waals surface area (Å²) in [6.07, 6.45) is 2.79. The molecule has 0 spiro atoms. The molecule has 1 atom stereocenters. The van der Waals surface area contributed by atoms with Crippen molar-refractivity contribution >= 4 is 24.5 Å². The van der Waals surface area contributed by atoms with Crippen LogP contribution in [0.25, 0.3) is 0 Å². The van der Waals surface area contributed by atoms with E-state index in [4.69, 9.17) is 0 Å². The fourth-order valence-electron chi connectivity index (χ4n) is 1.76. The summed E-state index contributed by atoms with van der Waals surface area (Å²) in [6, 6.07) is 3.52. The van der Waals surface area contributed by atoms with Crippen molar-refractivity contribution in [3.8, 4) is 0 Å². The molecule has 0 N–H and O–H groups in total. The number of hydrogen-bond acceptors (Lipinski definition) is 2. The van der Waals surface area contributed by atoms with Crippen molar-refractivity contribution in [2.45, 2.75) is 25.0 Å². The van der Waals surface area contributed by atoms with Gasteiger partial charge < -0.3 is 0 Å². The Morgan fingerprint density at radius 2 is 2.29 bits per heavy atom. The number of fused-ring (bicyclic) bond motifs is 1. The number of benzene rings is 1. The van der Waals surface area contributed by atoms with Crippen LogP contribution in [0.15, 0.2) is 17.1 Å². The van der Waals surface area contributed by atoms with Crippen LogP contribution in [0.3, 0.4) is 0 Å². The van der Waals surface area contributed by atoms with Crippen LogP contribution < -0.4 is 0 Å². The Bertz CT molecular complexity index is 387. The SMILES string of the molecule is CCC1C=Nc2c(F)cc(CS)cc21. The molecule has 0 radical (unpaired) electrons. The molecule has 0 aliphatic carbocycles. The minimum absolute atomic E-state index is 0.223. The van der Waals surface area contributed by atoms with Gasteiger partial charge in [-0.2, -0.15) is 12.6 Å². The van der Waals surface area contributed by atoms with E-state index in [1.54, 1.807) is 0 Å². The van der Waals surface area contributed by atoms with Crippen LogP contribution in [-0.4, -0.2) is 6.21 Å². The molecule has 0 aromatic heterocycles. The molecule has 0 fully saturated rings. The molecular weight excluding hydrogens is 197 g/mol. The summed E-state index contributed by atoms with van der Waals surface area (Å²) in [5.74, 6) is 0.624. The smallest absolute Gasteiger partial charge is 0.149 e. The second kappa shape index (κ2) is 3.73. The molecule has 1 unspecified atom stereocenters. The molecule has 1 nitrogen and oxygen atoms in total. The van der Waals surface area contributed by atoms with Crippen molar-refractivity contribution in [3.63, 3.8) is 0 Å². The van der Waals surface area contributed by atoms with Gasteiger partial charge in [-0.05, 0) is 23.6 Å². The Morgan fingerprint density at radius 1 is 1.50 bits per heavy atom. The van der Waals surface area contributed by atoms with Gasteiger partial charge in [0.2, 0.25) is 0 Å². The van der Waals surface area contributed by atoms with Crippen molar-refractivity contribution in [1.82, 2.24) is 0 Å². The van der Waals surface area contributed by atoms with Gasteiger partial charge in [0.05, 0.1) is 0 Å². The number of rotatable bonds is 2. The van der Waals surface area contributed by atoms with Gasteiger partial charge in [-0.25, -0.2) is 4.39 Å². The lowest BCUT2D eigenvalue weighted by Gasteiger charge is -2.08. The quantitative estimate of drug-likeness (QED) is 0.716. The second-order valence-corrected chi connectivity index (χ2v) is 3.78. The third-order valence-electron chi connectivity index (χ3n) is 2.56. The Kier molecular flexibility index (Phi) is 2.59. The van der Waals surface area contributed by atoms with Gasteiger partial charge in [-0.1, -0.05) is 13.0 Å². The monoisotopic (exact) mass is 209 g/mol. The van der Waals surface area contributed by atoms with Gasteiger partial charge in [0.1, 0.15) is 11.5 Å². The van der Waals surface area contributed by atoms with Crippen LogP contribution in [0.4, 0.5) is 10.1 Å². The molecule has 1 aromatic carbocycles. The first-order chi connectivity index (χ1) is 6.76. The molecule has 0 amide bonds. The van der Waals surface area contributed by atoms with E-state index in [0.717, 1.165) is 17.5 Å². The highest BCUT2D eigenvalue weighted by Crippen LogP contribution is 2.37. The summed E-state index contributed by atoms with van der Waals surface area (Å²) in [5, 5.41) is 0. The molecular formula is C11H12FNS. The molecule has 1 heterocycles. The van der Waals surface area contributed by atoms with Crippen molar-refractivity contribution in [2.75, 3.05) is 0 Å². The van der Waals surface area contributed by atoms with Gasteiger partial charge in [0.25, 0.3) is 0 Å². The zero-order valence-corrected chi connectivity index (χ0v) is 8.89. The Labute approximate surface area is 88.5 Å². The lowest BCUT2D eigenvalue weighted by Crippen LogP contribution is -1.95. The maximum absolute atomic E-state index is 13.5. The first kappa shape index (κ1) is 9.71. The molecule has 0 saturated heterocycles. The lowest BCUT2D eigenvalue weighted by molar-refractivity contribution is 0.627. The average Bonchev–Trinajstić information content (AvgIpc) is 2.61. The topological polar surface area (TPSA) is 12.4 Å². The Hall–Kier alpha value is -0.830. The fraction of sp³-hybridized carbons (Fsp3) is 0.364. The predicted molar refractivity (Wildman–Crippen MR) is 60.3 cm³/mol. The molecule has 14 heavy (non-hydrogen) atoms. The van der Waals surface area contributed by atoms with Gasteiger partial charge >= 0.3 is 0 Å². The van der Waals surface area contributed by atoms with E-state index in [2.05, 4.69) is 24.5 Å². The molecule has 0 saturated carbocycles. The summed E-state index contributed by atoms with van der Waals surface area (Å²) in [6.45, 7) is 2.08. The van der Waals surface area contributed by atoms with E-state index in [1.165, 1.54) is 6.07 Å². The third-order valence-corrected chi connectivity index (χ3v) is 2.92. The molecule has 2 rings (SSSR count). The van der Waals surface area contributed by atoms with Crippen LogP contribution in [0.2, 0.25) is 0 Å². The summed E-state index contributed by atoms with van der Waals surface area (Å²) < 4.78 is 13.5. The van der Waals surface area contributed by atoms with Crippen LogP contribution in [0.5, 0.6) is 0 Å². The number of thiol groups is 1. The molecule has 1 aromatic rings. The van der Waals surface area contributed by atoms with E-state index in [1.807, 2.05) is 12.3 Å². The van der Waals surface area contributed by atoms with Gasteiger partial charge in [0, 0.05) is 17.9 Å². The molecule has 1 aliphatic heterocycles. The van der Waals surface area contributed by atoms with Crippen molar-refractivity contribution < 1.29 is 4.39 Å². The fourth-order valence-corrected chi connectivity index (χ4v) is 1.94. The maximum Gasteiger partial charge on any atom is 0.149 e. The largest absolute Gasteiger partial charge is 0.257 e. The standard InChI is InChI=1S/C11H12FNS/c1-2-8-5-13-11-9(8)3-7(6-14)4-10(11)12/h3-5,8,14H,2,6H2,1H3. The first-order valence-corrected chi connectivity index (χ1v) is 5.37. The number of aliphatic imine (C=N–C) groups is 1. The van der Waals surface area contributed by atoms with E-state index >= 15 is 0 Å². The van der Waals surface area contributed by atoms with E-state index in [-0.39, 0.29) is 11.7 Å². The zero-order chi connectivity index (χ0) is 10.1. The molecule has 3 heteroatoms. The van der Waals surface area contributed by atoms with E-state index in [0.29, 0.717) is 11.4 Å². The number of hydrogen-bond donors (Lipinski definition) is 1. The molecule has 0 bridgehead atoms. The van der Waals surface area contributed by atoms with Crippen LogP contribution >= 0.6 is 12.6 Å². The van der Waals surface area contributed by atoms with Gasteiger partial charge in [-0.3, -0.25) is 4.99 Å². The maximum atomic E-state index is 13.5. The lowest BCUT2D eigenvalue weighted by atomic mass is 9.97. The Balaban J connectivity index is 2.51. The van der Waals surface area contributed by atoms with Crippen LogP contribution in [0, 0.1) is 5.82 Å². The second-order valence-electron chi connectivity index (χ2n) is 3.47. The van der Waals surface area contributed by atoms with Crippen LogP contribution in [-0.2, 0) is 5.75 Å². The summed E-state index contributed by atoms with van der Waals surface area (Å²) >= 11 is 4.15. The third kappa shape index (κ3) is 1.46. The van der Waals surface area contributed by atoms with E-state index < -0.39 is 0 Å². The minimum Gasteiger partial charge on any atom is -0.257 e. The minimum atomic E-state index is -0.223. The molecule has 74 valence electrons. The summed E-state index contributed by atoms with van der Waals surface area (Å²) in [7, 11) is 0. The van der Waals surface area contributed by atoms with Gasteiger partial charge in [0.15, 0.2) is 0 Å². The highest BCUT2D eigenvalue weighted by Gasteiger charge is 2.20. The highest BCUT2D eigenvalue weighted by molar-refractivity contribution is 7.79. The van der Waals surface area contributed by atoms with Crippen molar-refractivity contribution in [2.24, 2.45) is 4.99 Å². The van der Waals surface area contributed by atoms with Crippen molar-refractivity contribution in [3.05, 3.63) is 29.1 Å². The highest BCUT2D eigenvalue weighted by atomic mass is 32.1. The summed E-state index contributed by atoms with van der Waals surface area (Å²) in [4.78, 5) is 4.10.